The maximum Gasteiger partial charge on any atom is 0.244 e. The Morgan fingerprint density at radius 2 is 2.05 bits per heavy atom. The van der Waals surface area contributed by atoms with E-state index in [2.05, 4.69) is 4.72 Å². The van der Waals surface area contributed by atoms with Crippen molar-refractivity contribution in [2.45, 2.75) is 17.9 Å². The van der Waals surface area contributed by atoms with E-state index >= 15 is 0 Å². The third-order valence-electron chi connectivity index (χ3n) is 2.93. The number of anilines is 1. The lowest BCUT2D eigenvalue weighted by Gasteiger charge is -2.20. The van der Waals surface area contributed by atoms with Gasteiger partial charge < -0.3 is 15.4 Å². The van der Waals surface area contributed by atoms with Gasteiger partial charge in [-0.05, 0) is 39.2 Å². The molecule has 0 aliphatic carbocycles. The number of ether oxygens (including phenoxy) is 1. The number of nitrogens with two attached hydrogens (primary N) is 1. The van der Waals surface area contributed by atoms with Gasteiger partial charge in [0.2, 0.25) is 10.0 Å². The minimum Gasteiger partial charge on any atom is -0.495 e. The number of hydrogen-bond acceptors (Lipinski definition) is 5. The third-order valence-corrected chi connectivity index (χ3v) is 4.37. The van der Waals surface area contributed by atoms with Gasteiger partial charge >= 0.3 is 0 Å². The predicted octanol–water partition coefficient (Wildman–Crippen LogP) is 0.506. The highest BCUT2D eigenvalue weighted by Gasteiger charge is 2.20. The fourth-order valence-corrected chi connectivity index (χ4v) is 2.72. The van der Waals surface area contributed by atoms with Crippen molar-refractivity contribution in [3.63, 3.8) is 0 Å². The quantitative estimate of drug-likeness (QED) is 0.745. The van der Waals surface area contributed by atoms with Crippen LogP contribution < -0.4 is 15.2 Å². The molecule has 19 heavy (non-hydrogen) atoms. The van der Waals surface area contributed by atoms with Gasteiger partial charge in [-0.25, -0.2) is 13.1 Å². The molecular formula is C12H21N3O3S. The lowest BCUT2D eigenvalue weighted by Crippen LogP contribution is -2.38. The molecule has 6 nitrogen and oxygen atoms in total. The molecule has 0 aromatic heterocycles. The number of rotatable bonds is 6. The SMILES string of the molecule is COc1ccc(N)cc1S(=O)(=O)NCC(C)N(C)C. The van der Waals surface area contributed by atoms with Crippen LogP contribution in [0.25, 0.3) is 0 Å². The van der Waals surface area contributed by atoms with Gasteiger partial charge in [-0.15, -0.1) is 0 Å². The maximum atomic E-state index is 12.2. The monoisotopic (exact) mass is 287 g/mol. The molecule has 0 heterocycles. The standard InChI is InChI=1S/C12H21N3O3S/c1-9(15(2)3)8-14-19(16,17)12-7-10(13)5-6-11(12)18-4/h5-7,9,14H,8,13H2,1-4H3. The van der Waals surface area contributed by atoms with Crippen molar-refractivity contribution in [2.24, 2.45) is 0 Å². The molecular weight excluding hydrogens is 266 g/mol. The van der Waals surface area contributed by atoms with Gasteiger partial charge in [0.25, 0.3) is 0 Å². The van der Waals surface area contributed by atoms with E-state index in [4.69, 9.17) is 10.5 Å². The average Bonchev–Trinajstić information content (AvgIpc) is 2.35. The number of nitrogens with one attached hydrogen (secondary N) is 1. The number of sulfonamides is 1. The Bertz CT molecular complexity index is 529. The van der Waals surface area contributed by atoms with Gasteiger partial charge in [-0.1, -0.05) is 0 Å². The first-order valence-corrected chi connectivity index (χ1v) is 7.36. The molecule has 1 aromatic rings. The third kappa shape index (κ3) is 4.09. The highest BCUT2D eigenvalue weighted by Crippen LogP contribution is 2.25. The van der Waals surface area contributed by atoms with E-state index < -0.39 is 10.0 Å². The van der Waals surface area contributed by atoms with E-state index in [1.165, 1.54) is 13.2 Å². The van der Waals surface area contributed by atoms with Crippen molar-refractivity contribution in [2.75, 3.05) is 33.5 Å². The zero-order valence-electron chi connectivity index (χ0n) is 11.7. The van der Waals surface area contributed by atoms with Crippen molar-refractivity contribution >= 4 is 15.7 Å². The first-order valence-electron chi connectivity index (χ1n) is 5.87. The fourth-order valence-electron chi connectivity index (χ4n) is 1.39. The minimum absolute atomic E-state index is 0.0564. The lowest BCUT2D eigenvalue weighted by atomic mass is 10.3. The molecule has 0 amide bonds. The average molecular weight is 287 g/mol. The van der Waals surface area contributed by atoms with Crippen LogP contribution in [-0.2, 0) is 10.0 Å². The molecule has 7 heteroatoms. The van der Waals surface area contributed by atoms with Crippen LogP contribution in [0.4, 0.5) is 5.69 Å². The molecule has 0 aliphatic heterocycles. The molecule has 1 atom stereocenters. The number of nitrogens with zero attached hydrogens (tertiary/aromatic N) is 1. The van der Waals surface area contributed by atoms with Crippen LogP contribution in [0.2, 0.25) is 0 Å². The largest absolute Gasteiger partial charge is 0.495 e. The topological polar surface area (TPSA) is 84.7 Å². The van der Waals surface area contributed by atoms with E-state index in [0.29, 0.717) is 12.2 Å². The minimum atomic E-state index is -3.64. The van der Waals surface area contributed by atoms with Crippen molar-refractivity contribution in [1.82, 2.24) is 9.62 Å². The fraction of sp³-hybridized carbons (Fsp3) is 0.500. The summed E-state index contributed by atoms with van der Waals surface area (Å²) >= 11 is 0. The Morgan fingerprint density at radius 1 is 1.42 bits per heavy atom. The summed E-state index contributed by atoms with van der Waals surface area (Å²) in [5, 5.41) is 0. The zero-order valence-corrected chi connectivity index (χ0v) is 12.5. The highest BCUT2D eigenvalue weighted by atomic mass is 32.2. The molecule has 1 rings (SSSR count). The normalized spacial score (nSPS) is 13.5. The Morgan fingerprint density at radius 3 is 2.58 bits per heavy atom. The number of benzene rings is 1. The van der Waals surface area contributed by atoms with Crippen LogP contribution in [0, 0.1) is 0 Å². The zero-order chi connectivity index (χ0) is 14.6. The summed E-state index contributed by atoms with van der Waals surface area (Å²) in [6.45, 7) is 2.24. The summed E-state index contributed by atoms with van der Waals surface area (Å²) in [6.07, 6.45) is 0. The van der Waals surface area contributed by atoms with Crippen LogP contribution >= 0.6 is 0 Å². The molecule has 3 N–H and O–H groups in total. The molecule has 0 saturated carbocycles. The molecule has 0 aliphatic rings. The molecule has 0 bridgehead atoms. The van der Waals surface area contributed by atoms with Crippen molar-refractivity contribution < 1.29 is 13.2 Å². The van der Waals surface area contributed by atoms with Gasteiger partial charge in [-0.2, -0.15) is 0 Å². The van der Waals surface area contributed by atoms with Gasteiger partial charge in [0.15, 0.2) is 0 Å². The first-order chi connectivity index (χ1) is 8.77. The molecule has 0 radical (unpaired) electrons. The number of hydrogen-bond donors (Lipinski definition) is 2. The van der Waals surface area contributed by atoms with Crippen LogP contribution in [0.3, 0.4) is 0 Å². The summed E-state index contributed by atoms with van der Waals surface area (Å²) in [5.41, 5.74) is 6.00. The van der Waals surface area contributed by atoms with E-state index in [1.807, 2.05) is 25.9 Å². The second-order valence-corrected chi connectivity index (χ2v) is 6.31. The van der Waals surface area contributed by atoms with E-state index in [0.717, 1.165) is 0 Å². The Balaban J connectivity index is 2.97. The van der Waals surface area contributed by atoms with Gasteiger partial charge in [-0.3, -0.25) is 0 Å². The highest BCUT2D eigenvalue weighted by molar-refractivity contribution is 7.89. The lowest BCUT2D eigenvalue weighted by molar-refractivity contribution is 0.313. The van der Waals surface area contributed by atoms with Crippen LogP contribution in [0.15, 0.2) is 23.1 Å². The molecule has 0 fully saturated rings. The number of nitrogen functional groups attached to an aromatic ring is 1. The summed E-state index contributed by atoms with van der Waals surface area (Å²) in [5.74, 6) is 0.277. The van der Waals surface area contributed by atoms with Crippen molar-refractivity contribution in [3.05, 3.63) is 18.2 Å². The molecule has 1 aromatic carbocycles. The maximum absolute atomic E-state index is 12.2. The first kappa shape index (κ1) is 15.7. The molecule has 1 unspecified atom stereocenters. The van der Waals surface area contributed by atoms with Crippen molar-refractivity contribution in [1.29, 1.82) is 0 Å². The van der Waals surface area contributed by atoms with Gasteiger partial charge in [0, 0.05) is 18.3 Å². The van der Waals surface area contributed by atoms with Crippen LogP contribution in [0.5, 0.6) is 5.75 Å². The van der Waals surface area contributed by atoms with Gasteiger partial charge in [0.05, 0.1) is 7.11 Å². The molecule has 0 spiro atoms. The summed E-state index contributed by atoms with van der Waals surface area (Å²) in [7, 11) is 1.57. The summed E-state index contributed by atoms with van der Waals surface area (Å²) < 4.78 is 32.1. The van der Waals surface area contributed by atoms with E-state index in [1.54, 1.807) is 12.1 Å². The Hall–Kier alpha value is -1.31. The second kappa shape index (κ2) is 6.23. The van der Waals surface area contributed by atoms with Crippen molar-refractivity contribution in [3.8, 4) is 5.75 Å². The summed E-state index contributed by atoms with van der Waals surface area (Å²) in [4.78, 5) is 1.99. The van der Waals surface area contributed by atoms with Crippen LogP contribution in [-0.4, -0.2) is 47.1 Å². The van der Waals surface area contributed by atoms with E-state index in [-0.39, 0.29) is 16.7 Å². The number of likely N-dealkylation sites (N-methyl/N-ethyl adjacent to an activating group) is 1. The Kier molecular flexibility index (Phi) is 5.16. The Labute approximate surface area is 114 Å². The summed E-state index contributed by atoms with van der Waals surface area (Å²) in [6, 6.07) is 4.61. The van der Waals surface area contributed by atoms with Gasteiger partial charge in [0.1, 0.15) is 10.6 Å². The number of methoxy groups -OCH3 is 1. The molecule has 108 valence electrons. The van der Waals surface area contributed by atoms with E-state index in [9.17, 15) is 8.42 Å². The smallest absolute Gasteiger partial charge is 0.244 e. The molecule has 0 saturated heterocycles. The predicted molar refractivity (Wildman–Crippen MR) is 75.7 cm³/mol. The van der Waals surface area contributed by atoms with Crippen LogP contribution in [0.1, 0.15) is 6.92 Å². The second-order valence-electron chi connectivity index (χ2n) is 4.57.